The molecule has 7 heteroatoms. The summed E-state index contributed by atoms with van der Waals surface area (Å²) < 4.78 is 11.8. The van der Waals surface area contributed by atoms with Crippen LogP contribution in [0, 0.1) is 6.92 Å². The van der Waals surface area contributed by atoms with Crippen molar-refractivity contribution in [1.29, 1.82) is 0 Å². The molecule has 20 heavy (non-hydrogen) atoms. The zero-order valence-electron chi connectivity index (χ0n) is 11.2. The second-order valence-corrected chi connectivity index (χ2v) is 4.31. The van der Waals surface area contributed by atoms with E-state index in [2.05, 4.69) is 4.84 Å². The Labute approximate surface area is 121 Å². The van der Waals surface area contributed by atoms with Crippen molar-refractivity contribution in [3.05, 3.63) is 29.8 Å². The van der Waals surface area contributed by atoms with Gasteiger partial charge in [0.2, 0.25) is 0 Å². The molecule has 110 valence electrons. The third-order valence-corrected chi connectivity index (χ3v) is 2.59. The second kappa shape index (κ2) is 11.0. The van der Waals surface area contributed by atoms with Crippen LogP contribution in [0.25, 0.3) is 0 Å². The number of hydrogen-bond donors (Lipinski definition) is 0. The number of carbonyl (C=O) groups is 3. The standard InChI is InChI=1S/C7H7FS.C6H9NO4/c1-6-2-4-7(9-8)5-3-6;1-7(11-5-9)6(10)3-2-4-8/h2-5H,1H3;4-5H,2-3H2,1H3. The summed E-state index contributed by atoms with van der Waals surface area (Å²) in [4.78, 5) is 35.1. The number of carbonyl (C=O) groups excluding carboxylic acids is 3. The van der Waals surface area contributed by atoms with Crippen molar-refractivity contribution < 1.29 is 23.1 Å². The largest absolute Gasteiger partial charge is 0.342 e. The van der Waals surface area contributed by atoms with Gasteiger partial charge in [-0.2, -0.15) is 8.95 Å². The monoisotopic (exact) mass is 301 g/mol. The fraction of sp³-hybridized carbons (Fsp3) is 0.308. The molecule has 0 aliphatic carbocycles. The summed E-state index contributed by atoms with van der Waals surface area (Å²) in [5, 5.41) is 0.788. The molecule has 0 aliphatic heterocycles. The molecular weight excluding hydrogens is 285 g/mol. The zero-order chi connectivity index (χ0) is 15.4. The van der Waals surface area contributed by atoms with E-state index in [-0.39, 0.29) is 31.5 Å². The number of nitrogens with zero attached hydrogens (tertiary/aromatic N) is 1. The highest BCUT2D eigenvalue weighted by Gasteiger charge is 2.07. The highest BCUT2D eigenvalue weighted by atomic mass is 32.2. The molecule has 0 radical (unpaired) electrons. The minimum Gasteiger partial charge on any atom is -0.342 e. The van der Waals surface area contributed by atoms with Crippen molar-refractivity contribution in [2.45, 2.75) is 24.7 Å². The molecule has 0 saturated carbocycles. The quantitative estimate of drug-likeness (QED) is 0.596. The number of benzene rings is 1. The van der Waals surface area contributed by atoms with Crippen LogP contribution in [0.1, 0.15) is 18.4 Å². The Hall–Kier alpha value is -1.89. The number of hydrogen-bond acceptors (Lipinski definition) is 5. The minimum absolute atomic E-state index is 0.0633. The molecule has 5 nitrogen and oxygen atoms in total. The third-order valence-electron chi connectivity index (χ3n) is 2.14. The molecule has 0 heterocycles. The van der Waals surface area contributed by atoms with Crippen LogP contribution in [0.2, 0.25) is 0 Å². The van der Waals surface area contributed by atoms with Gasteiger partial charge in [-0.05, 0) is 19.1 Å². The van der Waals surface area contributed by atoms with Gasteiger partial charge in [-0.3, -0.25) is 9.59 Å². The van der Waals surface area contributed by atoms with Gasteiger partial charge in [0.25, 0.3) is 5.91 Å². The molecule has 0 spiro atoms. The Morgan fingerprint density at radius 2 is 1.95 bits per heavy atom. The number of hydroxylamine groups is 2. The first-order valence-corrected chi connectivity index (χ1v) is 6.42. The summed E-state index contributed by atoms with van der Waals surface area (Å²) in [5.74, 6) is -0.399. The van der Waals surface area contributed by atoms with Crippen LogP contribution in [0.5, 0.6) is 0 Å². The van der Waals surface area contributed by atoms with E-state index >= 15 is 0 Å². The Morgan fingerprint density at radius 1 is 1.35 bits per heavy atom. The fourth-order valence-electron chi connectivity index (χ4n) is 1.05. The molecular formula is C13H16FNO4S. The molecule has 0 aromatic heterocycles. The molecule has 0 unspecified atom stereocenters. The highest BCUT2D eigenvalue weighted by molar-refractivity contribution is 7.94. The highest BCUT2D eigenvalue weighted by Crippen LogP contribution is 2.18. The number of amides is 1. The molecule has 0 fully saturated rings. The van der Waals surface area contributed by atoms with E-state index in [0.717, 1.165) is 10.6 Å². The Bertz CT molecular complexity index is 425. The average Bonchev–Trinajstić information content (AvgIpc) is 2.46. The topological polar surface area (TPSA) is 63.7 Å². The first-order chi connectivity index (χ1) is 9.54. The van der Waals surface area contributed by atoms with Crippen LogP contribution in [0.15, 0.2) is 29.2 Å². The van der Waals surface area contributed by atoms with Crippen LogP contribution in [-0.4, -0.2) is 30.8 Å². The van der Waals surface area contributed by atoms with Crippen LogP contribution < -0.4 is 0 Å². The summed E-state index contributed by atoms with van der Waals surface area (Å²) >= 11 is 0.277. The Kier molecular flexibility index (Phi) is 9.94. The molecule has 1 rings (SSSR count). The van der Waals surface area contributed by atoms with Crippen LogP contribution in [0.4, 0.5) is 3.89 Å². The molecule has 0 atom stereocenters. The predicted molar refractivity (Wildman–Crippen MR) is 73.4 cm³/mol. The van der Waals surface area contributed by atoms with E-state index in [1.54, 1.807) is 12.1 Å². The van der Waals surface area contributed by atoms with Gasteiger partial charge in [-0.25, -0.2) is 0 Å². The van der Waals surface area contributed by atoms with Gasteiger partial charge in [-0.15, -0.1) is 0 Å². The maximum absolute atomic E-state index is 11.8. The first-order valence-electron chi connectivity index (χ1n) is 5.71. The fourth-order valence-corrected chi connectivity index (χ4v) is 1.29. The van der Waals surface area contributed by atoms with Crippen molar-refractivity contribution in [3.8, 4) is 0 Å². The van der Waals surface area contributed by atoms with Crippen LogP contribution in [0.3, 0.4) is 0 Å². The SMILES string of the molecule is CN(OC=O)C(=O)CCC=O.Cc1ccc(SF)cc1. The normalized spacial score (nSPS) is 8.95. The average molecular weight is 301 g/mol. The van der Waals surface area contributed by atoms with Crippen LogP contribution in [-0.2, 0) is 19.2 Å². The van der Waals surface area contributed by atoms with Gasteiger partial charge in [0.05, 0.1) is 12.1 Å². The lowest BCUT2D eigenvalue weighted by molar-refractivity contribution is -0.181. The van der Waals surface area contributed by atoms with E-state index in [4.69, 9.17) is 0 Å². The second-order valence-electron chi connectivity index (χ2n) is 3.69. The molecule has 0 aliphatic rings. The number of aryl methyl sites for hydroxylation is 1. The maximum Gasteiger partial charge on any atom is 0.320 e. The molecule has 0 N–H and O–H groups in total. The molecule has 0 bridgehead atoms. The van der Waals surface area contributed by atoms with Crippen molar-refractivity contribution in [2.75, 3.05) is 7.05 Å². The smallest absolute Gasteiger partial charge is 0.320 e. The lowest BCUT2D eigenvalue weighted by Crippen LogP contribution is -2.26. The number of aldehydes is 1. The Balaban J connectivity index is 0.000000367. The van der Waals surface area contributed by atoms with E-state index in [9.17, 15) is 18.3 Å². The molecule has 1 amide bonds. The van der Waals surface area contributed by atoms with Crippen molar-refractivity contribution in [1.82, 2.24) is 5.06 Å². The van der Waals surface area contributed by atoms with Gasteiger partial charge in [0.1, 0.15) is 6.29 Å². The number of halogens is 1. The third kappa shape index (κ3) is 8.25. The van der Waals surface area contributed by atoms with Gasteiger partial charge < -0.3 is 9.63 Å². The predicted octanol–water partition coefficient (Wildman–Crippen LogP) is 2.48. The summed E-state index contributed by atoms with van der Waals surface area (Å²) in [7, 11) is 1.31. The van der Waals surface area contributed by atoms with E-state index in [1.807, 2.05) is 19.1 Å². The zero-order valence-corrected chi connectivity index (χ0v) is 12.1. The van der Waals surface area contributed by atoms with Crippen LogP contribution >= 0.6 is 12.1 Å². The van der Waals surface area contributed by atoms with E-state index < -0.39 is 5.91 Å². The summed E-state index contributed by atoms with van der Waals surface area (Å²) in [5.41, 5.74) is 1.16. The van der Waals surface area contributed by atoms with E-state index in [1.165, 1.54) is 7.05 Å². The van der Waals surface area contributed by atoms with Gasteiger partial charge in [0, 0.05) is 24.8 Å². The minimum atomic E-state index is -0.399. The van der Waals surface area contributed by atoms with Crippen molar-refractivity contribution in [3.63, 3.8) is 0 Å². The molecule has 0 saturated heterocycles. The van der Waals surface area contributed by atoms with Gasteiger partial charge in [-0.1, -0.05) is 17.7 Å². The maximum atomic E-state index is 11.8. The van der Waals surface area contributed by atoms with E-state index in [0.29, 0.717) is 11.2 Å². The van der Waals surface area contributed by atoms with Crippen molar-refractivity contribution in [2.24, 2.45) is 0 Å². The molecule has 1 aromatic rings. The molecule has 1 aromatic carbocycles. The summed E-state index contributed by atoms with van der Waals surface area (Å²) in [6.07, 6.45) is 0.839. The van der Waals surface area contributed by atoms with Gasteiger partial charge >= 0.3 is 6.47 Å². The lowest BCUT2D eigenvalue weighted by Gasteiger charge is -2.11. The number of rotatable bonds is 6. The summed E-state index contributed by atoms with van der Waals surface area (Å²) in [6.45, 7) is 2.13. The Morgan fingerprint density at radius 3 is 2.40 bits per heavy atom. The lowest BCUT2D eigenvalue weighted by atomic mass is 10.2. The summed E-state index contributed by atoms with van der Waals surface area (Å²) in [6, 6.07) is 7.31. The van der Waals surface area contributed by atoms with Crippen molar-refractivity contribution >= 4 is 30.8 Å². The first kappa shape index (κ1) is 18.1. The van der Waals surface area contributed by atoms with Gasteiger partial charge in [0.15, 0.2) is 0 Å².